The Hall–Kier alpha value is -2.37. The van der Waals surface area contributed by atoms with Crippen LogP contribution >= 0.6 is 0 Å². The molecule has 1 aliphatic rings. The first-order valence-electron chi connectivity index (χ1n) is 4.05. The molecule has 6 nitrogen and oxygen atoms in total. The van der Waals surface area contributed by atoms with E-state index in [1.54, 1.807) is 0 Å². The van der Waals surface area contributed by atoms with Crippen LogP contribution in [-0.2, 0) is 4.74 Å². The summed E-state index contributed by atoms with van der Waals surface area (Å²) < 4.78 is 4.37. The van der Waals surface area contributed by atoms with Crippen molar-refractivity contribution in [2.75, 3.05) is 5.32 Å². The second-order valence-corrected chi connectivity index (χ2v) is 2.93. The monoisotopic (exact) mass is 206 g/mol. The highest BCUT2D eigenvalue weighted by Crippen LogP contribution is 2.23. The smallest absolute Gasteiger partial charge is 0.346 e. The fraction of sp³-hybridized carbons (Fsp3) is 0. The van der Waals surface area contributed by atoms with Crippen LogP contribution in [0.2, 0.25) is 0 Å². The number of hydrogen-bond acceptors (Lipinski definition) is 4. The first kappa shape index (κ1) is 9.20. The van der Waals surface area contributed by atoms with Gasteiger partial charge in [0.2, 0.25) is 0 Å². The molecule has 15 heavy (non-hydrogen) atoms. The summed E-state index contributed by atoms with van der Waals surface area (Å²) in [6, 6.07) is 3.46. The molecule has 1 aliphatic heterocycles. The minimum absolute atomic E-state index is 0.131. The number of carbonyl (C=O) groups excluding carboxylic acids is 3. The molecule has 76 valence electrons. The Bertz CT molecular complexity index is 481. The summed E-state index contributed by atoms with van der Waals surface area (Å²) in [7, 11) is 0. The highest BCUT2D eigenvalue weighted by molar-refractivity contribution is 6.15. The maximum Gasteiger partial charge on any atom is 0.346 e. The zero-order valence-corrected chi connectivity index (χ0v) is 7.44. The molecule has 0 bridgehead atoms. The van der Waals surface area contributed by atoms with Crippen LogP contribution < -0.4 is 11.1 Å². The average Bonchev–Trinajstić information content (AvgIpc) is 2.41. The topological polar surface area (TPSA) is 98.5 Å². The quantitative estimate of drug-likeness (QED) is 0.515. The molecule has 0 radical (unpaired) electrons. The molecule has 2 amide bonds. The third-order valence-electron chi connectivity index (χ3n) is 1.91. The normalized spacial score (nSPS) is 13.3. The van der Waals surface area contributed by atoms with Crippen LogP contribution in [0, 0.1) is 0 Å². The molecule has 0 aliphatic carbocycles. The zero-order valence-electron chi connectivity index (χ0n) is 7.44. The molecule has 0 atom stereocenters. The van der Waals surface area contributed by atoms with Gasteiger partial charge in [0.15, 0.2) is 0 Å². The van der Waals surface area contributed by atoms with Gasteiger partial charge in [-0.25, -0.2) is 14.4 Å². The average molecular weight is 206 g/mol. The number of urea groups is 1. The van der Waals surface area contributed by atoms with Gasteiger partial charge < -0.3 is 15.8 Å². The Balaban J connectivity index is 2.42. The number of nitrogens with one attached hydrogen (secondary N) is 1. The number of esters is 2. The van der Waals surface area contributed by atoms with Crippen LogP contribution in [-0.4, -0.2) is 18.0 Å². The van der Waals surface area contributed by atoms with Crippen LogP contribution in [0.15, 0.2) is 18.2 Å². The molecule has 6 heteroatoms. The highest BCUT2D eigenvalue weighted by atomic mass is 16.6. The van der Waals surface area contributed by atoms with Gasteiger partial charge in [0.05, 0.1) is 11.1 Å². The number of ether oxygens (including phenoxy) is 1. The molecule has 0 saturated carbocycles. The lowest BCUT2D eigenvalue weighted by molar-refractivity contribution is 0.0443. The Kier molecular flexibility index (Phi) is 1.89. The molecular weight excluding hydrogens is 200 g/mol. The summed E-state index contributed by atoms with van der Waals surface area (Å²) >= 11 is 0. The van der Waals surface area contributed by atoms with Crippen molar-refractivity contribution in [3.05, 3.63) is 29.3 Å². The lowest BCUT2D eigenvalue weighted by Crippen LogP contribution is -2.19. The predicted octanol–water partition coefficient (Wildman–Crippen LogP) is 0.488. The van der Waals surface area contributed by atoms with Crippen LogP contribution in [0.4, 0.5) is 10.5 Å². The summed E-state index contributed by atoms with van der Waals surface area (Å²) in [6.45, 7) is 0. The van der Waals surface area contributed by atoms with Gasteiger partial charge >= 0.3 is 18.0 Å². The number of carbonyl (C=O) groups is 3. The first-order valence-corrected chi connectivity index (χ1v) is 4.05. The number of cyclic esters (lactones) is 2. The van der Waals surface area contributed by atoms with Crippen molar-refractivity contribution in [1.29, 1.82) is 0 Å². The fourth-order valence-electron chi connectivity index (χ4n) is 1.31. The summed E-state index contributed by atoms with van der Waals surface area (Å²) in [5, 5.41) is 2.29. The van der Waals surface area contributed by atoms with Gasteiger partial charge in [0.25, 0.3) is 0 Å². The summed E-state index contributed by atoms with van der Waals surface area (Å²) in [5.74, 6) is -1.40. The van der Waals surface area contributed by atoms with E-state index < -0.39 is 18.0 Å². The van der Waals surface area contributed by atoms with Gasteiger partial charge in [-0.15, -0.1) is 0 Å². The second kappa shape index (κ2) is 3.09. The molecule has 3 N–H and O–H groups in total. The predicted molar refractivity (Wildman–Crippen MR) is 49.4 cm³/mol. The number of fused-ring (bicyclic) bond motifs is 1. The van der Waals surface area contributed by atoms with Gasteiger partial charge in [-0.2, -0.15) is 0 Å². The number of amides is 2. The second-order valence-electron chi connectivity index (χ2n) is 2.93. The van der Waals surface area contributed by atoms with E-state index in [4.69, 9.17) is 5.73 Å². The van der Waals surface area contributed by atoms with Crippen molar-refractivity contribution in [3.63, 3.8) is 0 Å². The van der Waals surface area contributed by atoms with Crippen molar-refractivity contribution >= 4 is 23.7 Å². The molecule has 1 heterocycles. The van der Waals surface area contributed by atoms with Crippen molar-refractivity contribution < 1.29 is 19.1 Å². The van der Waals surface area contributed by atoms with Crippen LogP contribution in [0.3, 0.4) is 0 Å². The highest BCUT2D eigenvalue weighted by Gasteiger charge is 2.29. The zero-order chi connectivity index (χ0) is 11.0. The van der Waals surface area contributed by atoms with E-state index in [2.05, 4.69) is 10.1 Å². The minimum atomic E-state index is -0.743. The molecule has 0 saturated heterocycles. The SMILES string of the molecule is NC(=O)Nc1ccc2c(c1)C(=O)OC2=O. The van der Waals surface area contributed by atoms with Crippen molar-refractivity contribution in [2.24, 2.45) is 5.73 Å². The summed E-state index contributed by atoms with van der Waals surface area (Å²) in [4.78, 5) is 32.7. The van der Waals surface area contributed by atoms with E-state index in [0.29, 0.717) is 5.69 Å². The summed E-state index contributed by atoms with van der Waals surface area (Å²) in [6.07, 6.45) is 0. The van der Waals surface area contributed by atoms with Crippen molar-refractivity contribution in [2.45, 2.75) is 0 Å². The van der Waals surface area contributed by atoms with E-state index in [1.165, 1.54) is 18.2 Å². The van der Waals surface area contributed by atoms with Crippen LogP contribution in [0.25, 0.3) is 0 Å². The van der Waals surface area contributed by atoms with E-state index in [-0.39, 0.29) is 11.1 Å². The standard InChI is InChI=1S/C9H6N2O4/c10-9(14)11-4-1-2-5-6(3-4)8(13)15-7(5)12/h1-3H,(H3,10,11,14). The third-order valence-corrected chi connectivity index (χ3v) is 1.91. The maximum absolute atomic E-state index is 11.1. The minimum Gasteiger partial charge on any atom is -0.386 e. The van der Waals surface area contributed by atoms with E-state index in [0.717, 1.165) is 0 Å². The molecule has 2 rings (SSSR count). The van der Waals surface area contributed by atoms with Gasteiger partial charge in [0, 0.05) is 5.69 Å². The number of hydrogen-bond donors (Lipinski definition) is 2. The number of primary amides is 1. The van der Waals surface area contributed by atoms with Gasteiger partial charge in [-0.3, -0.25) is 0 Å². The maximum atomic E-state index is 11.1. The molecular formula is C9H6N2O4. The first-order chi connectivity index (χ1) is 7.08. The van der Waals surface area contributed by atoms with Gasteiger partial charge in [-0.05, 0) is 18.2 Å². The Morgan fingerprint density at radius 2 is 1.87 bits per heavy atom. The molecule has 0 fully saturated rings. The molecule has 0 unspecified atom stereocenters. The molecule has 1 aromatic rings. The lowest BCUT2D eigenvalue weighted by atomic mass is 10.1. The molecule has 0 spiro atoms. The largest absolute Gasteiger partial charge is 0.386 e. The number of benzene rings is 1. The number of anilines is 1. The number of nitrogens with two attached hydrogens (primary N) is 1. The molecule has 0 aromatic heterocycles. The van der Waals surface area contributed by atoms with E-state index in [1.807, 2.05) is 0 Å². The van der Waals surface area contributed by atoms with Crippen molar-refractivity contribution in [3.8, 4) is 0 Å². The third kappa shape index (κ3) is 1.52. The van der Waals surface area contributed by atoms with E-state index in [9.17, 15) is 14.4 Å². The number of rotatable bonds is 1. The van der Waals surface area contributed by atoms with Gasteiger partial charge in [0.1, 0.15) is 0 Å². The lowest BCUT2D eigenvalue weighted by Gasteiger charge is -2.01. The van der Waals surface area contributed by atoms with Crippen LogP contribution in [0.1, 0.15) is 20.7 Å². The van der Waals surface area contributed by atoms with Crippen LogP contribution in [0.5, 0.6) is 0 Å². The summed E-state index contributed by atoms with van der Waals surface area (Å²) in [5.41, 5.74) is 5.56. The fourth-order valence-corrected chi connectivity index (χ4v) is 1.31. The Morgan fingerprint density at radius 1 is 1.20 bits per heavy atom. The van der Waals surface area contributed by atoms with E-state index >= 15 is 0 Å². The Labute approximate surface area is 84.0 Å². The molecule has 1 aromatic carbocycles. The van der Waals surface area contributed by atoms with Gasteiger partial charge in [-0.1, -0.05) is 0 Å². The van der Waals surface area contributed by atoms with Crippen molar-refractivity contribution in [1.82, 2.24) is 0 Å². The Morgan fingerprint density at radius 3 is 2.53 bits per heavy atom.